The van der Waals surface area contributed by atoms with E-state index in [2.05, 4.69) is 62.5 Å². The lowest BCUT2D eigenvalue weighted by atomic mass is 10.0. The zero-order valence-corrected chi connectivity index (χ0v) is 41.9. The largest absolute Gasteiger partial charge is 0.462 e. The molecule has 3 atom stereocenters. The quantitative estimate of drug-likeness (QED) is 0.0245. The summed E-state index contributed by atoms with van der Waals surface area (Å²) in [7, 11) is 0. The molecular weight excluding hydrogens is 791 g/mol. The first-order valence-electron chi connectivity index (χ1n) is 26.9. The van der Waals surface area contributed by atoms with Crippen LogP contribution in [0.1, 0.15) is 245 Å². The third-order valence-electron chi connectivity index (χ3n) is 11.8. The van der Waals surface area contributed by atoms with Crippen LogP contribution in [-0.4, -0.2) is 46.9 Å². The highest BCUT2D eigenvalue weighted by Crippen LogP contribution is 2.17. The third kappa shape index (κ3) is 45.6. The second-order valence-electron chi connectivity index (χ2n) is 18.0. The van der Waals surface area contributed by atoms with Gasteiger partial charge in [0, 0.05) is 6.42 Å². The van der Waals surface area contributed by atoms with E-state index in [1.165, 1.54) is 135 Å². The minimum absolute atomic E-state index is 0.0237. The number of amides is 1. The number of hydrogen-bond donors (Lipinski definition) is 3. The molecule has 0 aliphatic heterocycles. The first-order valence-corrected chi connectivity index (χ1v) is 26.9. The van der Waals surface area contributed by atoms with Gasteiger partial charge in [-0.3, -0.25) is 9.59 Å². The lowest BCUT2D eigenvalue weighted by Gasteiger charge is -2.24. The Kier molecular flexibility index (Phi) is 48.7. The monoisotopic (exact) mass is 892 g/mol. The molecule has 0 radical (unpaired) electrons. The zero-order valence-electron chi connectivity index (χ0n) is 41.9. The minimum atomic E-state index is -0.811. The molecule has 0 rings (SSSR count). The molecule has 0 heterocycles. The van der Waals surface area contributed by atoms with Crippen LogP contribution in [0.5, 0.6) is 0 Å². The van der Waals surface area contributed by atoms with Gasteiger partial charge in [0.1, 0.15) is 6.10 Å². The maximum absolute atomic E-state index is 13.2. The summed E-state index contributed by atoms with van der Waals surface area (Å²) in [4.78, 5) is 26.2. The van der Waals surface area contributed by atoms with E-state index < -0.39 is 18.2 Å². The topological polar surface area (TPSA) is 95.9 Å². The summed E-state index contributed by atoms with van der Waals surface area (Å²) in [6.07, 6.45) is 66.5. The highest BCUT2D eigenvalue weighted by atomic mass is 16.5. The van der Waals surface area contributed by atoms with Gasteiger partial charge in [0.2, 0.25) is 5.91 Å². The normalized spacial score (nSPS) is 13.9. The Balaban J connectivity index is 4.63. The predicted octanol–water partition coefficient (Wildman–Crippen LogP) is 16.3. The Morgan fingerprint density at radius 2 is 0.922 bits per heavy atom. The number of aliphatic hydroxyl groups excluding tert-OH is 2. The SMILES string of the molecule is CC/C=C/C=C/C=C\C=C/C=C/CCCC(CC(=O)NC(CO)C(O)CCCCCCCCCCCCCCC)OC(=O)CCCCCCCCCCC/C=C\C/C=C\CCCCC. The number of hydrogen-bond acceptors (Lipinski definition) is 5. The standard InChI is InChI=1S/C58H101NO5/c1-4-7-10-13-16-19-22-25-26-27-28-29-30-33-36-39-42-45-48-51-58(63)64-54(49-46-43-40-37-34-31-23-20-17-14-11-8-5-2)52-57(62)59-55(53-60)56(61)50-47-44-41-38-35-32-24-21-18-15-12-9-6-3/h8,11,14,16-17,19-20,23,25-26,31,34,37,40,54-56,60-61H,4-7,9-10,12-13,15,18,21-22,24,27-30,32-33,35-36,38-39,41-53H2,1-3H3,(H,59,62)/b11-8+,17-14+,19-16-,23-20-,26-25-,34-31-,40-37+. The predicted molar refractivity (Wildman–Crippen MR) is 278 cm³/mol. The molecule has 1 amide bonds. The molecular formula is C58H101NO5. The fourth-order valence-corrected chi connectivity index (χ4v) is 7.78. The molecule has 0 aliphatic rings. The van der Waals surface area contributed by atoms with Gasteiger partial charge >= 0.3 is 5.97 Å². The smallest absolute Gasteiger partial charge is 0.306 e. The molecule has 0 saturated carbocycles. The van der Waals surface area contributed by atoms with Crippen LogP contribution in [-0.2, 0) is 14.3 Å². The summed E-state index contributed by atoms with van der Waals surface area (Å²) in [6.45, 7) is 6.30. The van der Waals surface area contributed by atoms with Gasteiger partial charge in [-0.05, 0) is 70.6 Å². The van der Waals surface area contributed by atoms with E-state index in [9.17, 15) is 19.8 Å². The molecule has 64 heavy (non-hydrogen) atoms. The molecule has 0 fully saturated rings. The molecule has 0 aliphatic carbocycles. The van der Waals surface area contributed by atoms with E-state index in [0.29, 0.717) is 19.3 Å². The molecule has 0 aromatic carbocycles. The second-order valence-corrected chi connectivity index (χ2v) is 18.0. The van der Waals surface area contributed by atoms with Crippen molar-refractivity contribution in [2.24, 2.45) is 0 Å². The van der Waals surface area contributed by atoms with E-state index in [0.717, 1.165) is 64.2 Å². The summed E-state index contributed by atoms with van der Waals surface area (Å²) in [5, 5.41) is 23.8. The van der Waals surface area contributed by atoms with Crippen molar-refractivity contribution in [1.82, 2.24) is 5.32 Å². The minimum Gasteiger partial charge on any atom is -0.462 e. The number of unbranched alkanes of at least 4 members (excludes halogenated alkanes) is 25. The van der Waals surface area contributed by atoms with Crippen LogP contribution in [0, 0.1) is 0 Å². The van der Waals surface area contributed by atoms with Gasteiger partial charge in [-0.25, -0.2) is 0 Å². The number of esters is 1. The van der Waals surface area contributed by atoms with E-state index in [4.69, 9.17) is 4.74 Å². The third-order valence-corrected chi connectivity index (χ3v) is 11.8. The van der Waals surface area contributed by atoms with Crippen LogP contribution in [0.25, 0.3) is 0 Å². The van der Waals surface area contributed by atoms with Crippen LogP contribution in [0.4, 0.5) is 0 Å². The Morgan fingerprint density at radius 3 is 1.45 bits per heavy atom. The van der Waals surface area contributed by atoms with Gasteiger partial charge in [0.15, 0.2) is 0 Å². The molecule has 6 heteroatoms. The zero-order chi connectivity index (χ0) is 46.7. The molecule has 0 spiro atoms. The Morgan fingerprint density at radius 1 is 0.484 bits per heavy atom. The average Bonchev–Trinajstić information content (AvgIpc) is 3.29. The van der Waals surface area contributed by atoms with Crippen LogP contribution in [0.15, 0.2) is 85.1 Å². The van der Waals surface area contributed by atoms with Crippen LogP contribution in [0.3, 0.4) is 0 Å². The van der Waals surface area contributed by atoms with Crippen molar-refractivity contribution in [3.8, 4) is 0 Å². The highest BCUT2D eigenvalue weighted by Gasteiger charge is 2.24. The van der Waals surface area contributed by atoms with Crippen molar-refractivity contribution in [2.45, 2.75) is 264 Å². The van der Waals surface area contributed by atoms with Crippen LogP contribution >= 0.6 is 0 Å². The van der Waals surface area contributed by atoms with Gasteiger partial charge < -0.3 is 20.3 Å². The molecule has 3 N–H and O–H groups in total. The van der Waals surface area contributed by atoms with Gasteiger partial charge in [-0.2, -0.15) is 0 Å². The van der Waals surface area contributed by atoms with Gasteiger partial charge in [0.25, 0.3) is 0 Å². The number of allylic oxidation sites excluding steroid dienone is 14. The average molecular weight is 892 g/mol. The van der Waals surface area contributed by atoms with Gasteiger partial charge in [-0.1, -0.05) is 247 Å². The molecule has 0 bridgehead atoms. The first-order chi connectivity index (χ1) is 31.5. The number of ether oxygens (including phenoxy) is 1. The van der Waals surface area contributed by atoms with Crippen molar-refractivity contribution in [3.63, 3.8) is 0 Å². The highest BCUT2D eigenvalue weighted by molar-refractivity contribution is 5.77. The molecule has 368 valence electrons. The lowest BCUT2D eigenvalue weighted by Crippen LogP contribution is -2.46. The van der Waals surface area contributed by atoms with Crippen molar-refractivity contribution in [3.05, 3.63) is 85.1 Å². The number of rotatable bonds is 47. The van der Waals surface area contributed by atoms with Crippen molar-refractivity contribution in [1.29, 1.82) is 0 Å². The van der Waals surface area contributed by atoms with Crippen molar-refractivity contribution >= 4 is 11.9 Å². The molecule has 0 aromatic heterocycles. The molecule has 3 unspecified atom stereocenters. The van der Waals surface area contributed by atoms with E-state index in [1.807, 2.05) is 48.6 Å². The summed E-state index contributed by atoms with van der Waals surface area (Å²) in [6, 6.07) is -0.729. The van der Waals surface area contributed by atoms with Crippen LogP contribution in [0.2, 0.25) is 0 Å². The fraction of sp³-hybridized carbons (Fsp3) is 0.724. The first kappa shape index (κ1) is 61.0. The van der Waals surface area contributed by atoms with E-state index in [1.54, 1.807) is 0 Å². The number of carbonyl (C=O) groups excluding carboxylic acids is 2. The number of aliphatic hydroxyl groups is 2. The summed E-state index contributed by atoms with van der Waals surface area (Å²) in [5.41, 5.74) is 0. The van der Waals surface area contributed by atoms with E-state index in [-0.39, 0.29) is 24.9 Å². The molecule has 0 aromatic rings. The Labute approximate surface area is 395 Å². The second kappa shape index (κ2) is 51.0. The maximum Gasteiger partial charge on any atom is 0.306 e. The molecule has 6 nitrogen and oxygen atoms in total. The fourth-order valence-electron chi connectivity index (χ4n) is 7.78. The van der Waals surface area contributed by atoms with E-state index >= 15 is 0 Å². The number of carbonyl (C=O) groups is 2. The van der Waals surface area contributed by atoms with Crippen molar-refractivity contribution < 1.29 is 24.5 Å². The Bertz CT molecular complexity index is 1230. The van der Waals surface area contributed by atoms with Crippen LogP contribution < -0.4 is 5.32 Å². The van der Waals surface area contributed by atoms with Gasteiger partial charge in [0.05, 0.1) is 25.2 Å². The maximum atomic E-state index is 13.2. The lowest BCUT2D eigenvalue weighted by molar-refractivity contribution is -0.151. The van der Waals surface area contributed by atoms with Crippen molar-refractivity contribution in [2.75, 3.05) is 6.61 Å². The summed E-state index contributed by atoms with van der Waals surface area (Å²) >= 11 is 0. The van der Waals surface area contributed by atoms with Gasteiger partial charge in [-0.15, -0.1) is 0 Å². The molecule has 0 saturated heterocycles. The number of nitrogens with one attached hydrogen (secondary N) is 1. The summed E-state index contributed by atoms with van der Waals surface area (Å²) < 4.78 is 5.90. The Hall–Kier alpha value is -2.96. The summed E-state index contributed by atoms with van der Waals surface area (Å²) in [5.74, 6) is -0.552.